The van der Waals surface area contributed by atoms with Gasteiger partial charge in [0.1, 0.15) is 0 Å². The van der Waals surface area contributed by atoms with Gasteiger partial charge in [-0.15, -0.1) is 0 Å². The molecule has 3 aliphatic heterocycles. The highest BCUT2D eigenvalue weighted by molar-refractivity contribution is 5.80. The van der Waals surface area contributed by atoms with Gasteiger partial charge in [0.25, 0.3) is 0 Å². The van der Waals surface area contributed by atoms with E-state index < -0.39 is 24.2 Å². The highest BCUT2D eigenvalue weighted by atomic mass is 16.5. The quantitative estimate of drug-likeness (QED) is 0.541. The number of carbonyl (C=O) groups is 1. The molecule has 0 aromatic rings. The van der Waals surface area contributed by atoms with Crippen molar-refractivity contribution in [3.63, 3.8) is 0 Å². The summed E-state index contributed by atoms with van der Waals surface area (Å²) in [5.74, 6) is -0.0239. The van der Waals surface area contributed by atoms with Crippen molar-refractivity contribution >= 4 is 5.91 Å². The summed E-state index contributed by atoms with van der Waals surface area (Å²) >= 11 is 0. The van der Waals surface area contributed by atoms with Crippen molar-refractivity contribution in [2.24, 2.45) is 11.8 Å². The zero-order chi connectivity index (χ0) is 18.8. The number of ether oxygens (including phenoxy) is 1. The smallest absolute Gasteiger partial charge is 0.231 e. The van der Waals surface area contributed by atoms with Crippen molar-refractivity contribution in [1.82, 2.24) is 15.5 Å². The average Bonchev–Trinajstić information content (AvgIpc) is 3.10. The van der Waals surface area contributed by atoms with E-state index in [2.05, 4.69) is 10.6 Å². The van der Waals surface area contributed by atoms with Crippen molar-refractivity contribution in [1.29, 1.82) is 0 Å². The number of fused-ring (bicyclic) bond motifs is 1. The second-order valence-corrected chi connectivity index (χ2v) is 8.94. The number of aliphatic hydroxyl groups is 2. The van der Waals surface area contributed by atoms with Crippen molar-refractivity contribution < 1.29 is 19.7 Å². The fourth-order valence-electron chi connectivity index (χ4n) is 5.42. The van der Waals surface area contributed by atoms with Gasteiger partial charge in [0.05, 0.1) is 30.8 Å². The summed E-state index contributed by atoms with van der Waals surface area (Å²) in [6, 6.07) is 0.699. The standard InChI is InChI=1S/C20H35N3O4/c24-15-8-17(25)19(18(9-15)27-12-14-5-1-2-6-21-14)20(26)23-10-13-4-3-7-22-16(13)11-23/h13-19,21-22,24-25H,1-12H2. The lowest BCUT2D eigenvalue weighted by molar-refractivity contribution is -0.157. The Bertz CT molecular complexity index is 499. The maximum Gasteiger partial charge on any atom is 0.231 e. The van der Waals surface area contributed by atoms with Crippen LogP contribution in [0.5, 0.6) is 0 Å². The molecule has 0 bridgehead atoms. The predicted molar refractivity (Wildman–Crippen MR) is 101 cm³/mol. The minimum Gasteiger partial charge on any atom is -0.393 e. The second kappa shape index (κ2) is 8.74. The monoisotopic (exact) mass is 381 g/mol. The summed E-state index contributed by atoms with van der Waals surface area (Å²) < 4.78 is 6.13. The maximum absolute atomic E-state index is 13.3. The normalized spacial score (nSPS) is 42.7. The van der Waals surface area contributed by atoms with Crippen molar-refractivity contribution in [2.75, 3.05) is 32.8 Å². The molecular weight excluding hydrogens is 346 g/mol. The van der Waals surface area contributed by atoms with Crippen LogP contribution in [0.2, 0.25) is 0 Å². The number of hydrogen-bond acceptors (Lipinski definition) is 6. The van der Waals surface area contributed by atoms with E-state index >= 15 is 0 Å². The highest BCUT2D eigenvalue weighted by Gasteiger charge is 2.46. The number of hydrogen-bond donors (Lipinski definition) is 4. The summed E-state index contributed by atoms with van der Waals surface area (Å²) in [5.41, 5.74) is 0. The lowest BCUT2D eigenvalue weighted by Gasteiger charge is -2.39. The zero-order valence-corrected chi connectivity index (χ0v) is 16.2. The molecule has 154 valence electrons. The van der Waals surface area contributed by atoms with E-state index in [1.54, 1.807) is 0 Å². The van der Waals surface area contributed by atoms with Crippen LogP contribution in [0.3, 0.4) is 0 Å². The first-order valence-electron chi connectivity index (χ1n) is 10.8. The molecule has 3 saturated heterocycles. The van der Waals surface area contributed by atoms with Crippen molar-refractivity contribution in [3.8, 4) is 0 Å². The van der Waals surface area contributed by atoms with E-state index in [9.17, 15) is 15.0 Å². The van der Waals surface area contributed by atoms with Crippen molar-refractivity contribution in [2.45, 2.75) is 75.3 Å². The number of likely N-dealkylation sites (tertiary alicyclic amines) is 1. The molecule has 4 rings (SSSR count). The SMILES string of the molecule is O=C(C1C(O)CC(O)CC1OCC1CCCCN1)N1CC2CCCNC2C1. The van der Waals surface area contributed by atoms with Crippen LogP contribution in [0.1, 0.15) is 44.9 Å². The lowest BCUT2D eigenvalue weighted by Crippen LogP contribution is -2.53. The van der Waals surface area contributed by atoms with Crippen LogP contribution >= 0.6 is 0 Å². The molecule has 1 amide bonds. The van der Waals surface area contributed by atoms with Gasteiger partial charge >= 0.3 is 0 Å². The molecule has 4 N–H and O–H groups in total. The summed E-state index contributed by atoms with van der Waals surface area (Å²) in [5, 5.41) is 27.7. The van der Waals surface area contributed by atoms with Crippen molar-refractivity contribution in [3.05, 3.63) is 0 Å². The summed E-state index contributed by atoms with van der Waals surface area (Å²) in [6.07, 6.45) is 4.66. The number of nitrogens with one attached hydrogen (secondary N) is 2. The molecule has 7 atom stereocenters. The number of amides is 1. The molecule has 0 radical (unpaired) electrons. The zero-order valence-electron chi connectivity index (χ0n) is 16.2. The third-order valence-electron chi connectivity index (χ3n) is 6.95. The van der Waals surface area contributed by atoms with Gasteiger partial charge in [0.15, 0.2) is 0 Å². The van der Waals surface area contributed by atoms with Crippen LogP contribution in [0.15, 0.2) is 0 Å². The molecule has 7 heteroatoms. The van der Waals surface area contributed by atoms with Crippen LogP contribution in [-0.4, -0.2) is 84.2 Å². The van der Waals surface area contributed by atoms with Gasteiger partial charge in [-0.05, 0) is 44.7 Å². The minimum absolute atomic E-state index is 0.00667. The molecule has 0 spiro atoms. The Balaban J connectivity index is 1.39. The first-order chi connectivity index (χ1) is 13.1. The number of rotatable bonds is 4. The number of aliphatic hydroxyl groups excluding tert-OH is 2. The Morgan fingerprint density at radius 3 is 2.67 bits per heavy atom. The molecule has 7 nitrogen and oxygen atoms in total. The molecule has 7 unspecified atom stereocenters. The number of nitrogens with zero attached hydrogens (tertiary/aromatic N) is 1. The molecule has 27 heavy (non-hydrogen) atoms. The second-order valence-electron chi connectivity index (χ2n) is 8.94. The molecule has 0 aromatic heterocycles. The van der Waals surface area contributed by atoms with E-state index in [0.717, 1.165) is 32.6 Å². The molecule has 4 aliphatic rings. The van der Waals surface area contributed by atoms with Gasteiger partial charge in [-0.1, -0.05) is 6.42 Å². The van der Waals surface area contributed by atoms with Crippen LogP contribution in [-0.2, 0) is 9.53 Å². The third-order valence-corrected chi connectivity index (χ3v) is 6.95. The van der Waals surface area contributed by atoms with Gasteiger partial charge in [0.2, 0.25) is 5.91 Å². The van der Waals surface area contributed by atoms with Gasteiger partial charge in [-0.3, -0.25) is 4.79 Å². The lowest BCUT2D eigenvalue weighted by atomic mass is 9.81. The third kappa shape index (κ3) is 4.48. The average molecular weight is 382 g/mol. The first-order valence-corrected chi connectivity index (χ1v) is 10.8. The summed E-state index contributed by atoms with van der Waals surface area (Å²) in [7, 11) is 0. The van der Waals surface area contributed by atoms with E-state index in [1.165, 1.54) is 25.7 Å². The molecular formula is C20H35N3O4. The minimum atomic E-state index is -0.832. The Labute approximate surface area is 161 Å². The van der Waals surface area contributed by atoms with Gasteiger partial charge in [-0.25, -0.2) is 0 Å². The molecule has 4 fully saturated rings. The Morgan fingerprint density at radius 2 is 1.89 bits per heavy atom. The van der Waals surface area contributed by atoms with Crippen LogP contribution in [0, 0.1) is 11.8 Å². The van der Waals surface area contributed by atoms with Crippen LogP contribution < -0.4 is 10.6 Å². The predicted octanol–water partition coefficient (Wildman–Crippen LogP) is -0.144. The van der Waals surface area contributed by atoms with Gasteiger partial charge in [0, 0.05) is 38.0 Å². The Morgan fingerprint density at radius 1 is 1.04 bits per heavy atom. The Kier molecular flexibility index (Phi) is 6.34. The van der Waals surface area contributed by atoms with Crippen LogP contribution in [0.4, 0.5) is 0 Å². The number of carbonyl (C=O) groups excluding carboxylic acids is 1. The fourth-order valence-corrected chi connectivity index (χ4v) is 5.42. The summed E-state index contributed by atoms with van der Waals surface area (Å²) in [6.45, 7) is 4.09. The fraction of sp³-hybridized carbons (Fsp3) is 0.950. The largest absolute Gasteiger partial charge is 0.393 e. The molecule has 1 saturated carbocycles. The maximum atomic E-state index is 13.3. The summed E-state index contributed by atoms with van der Waals surface area (Å²) in [4.78, 5) is 15.2. The molecule has 0 aromatic carbocycles. The van der Waals surface area contributed by atoms with E-state index in [-0.39, 0.29) is 12.3 Å². The van der Waals surface area contributed by atoms with Gasteiger partial charge in [-0.2, -0.15) is 0 Å². The van der Waals surface area contributed by atoms with E-state index in [4.69, 9.17) is 4.74 Å². The highest BCUT2D eigenvalue weighted by Crippen LogP contribution is 2.33. The van der Waals surface area contributed by atoms with Gasteiger partial charge < -0.3 is 30.5 Å². The Hall–Kier alpha value is -0.730. The first kappa shape index (κ1) is 19.6. The van der Waals surface area contributed by atoms with E-state index in [0.29, 0.717) is 31.0 Å². The van der Waals surface area contributed by atoms with Crippen LogP contribution in [0.25, 0.3) is 0 Å². The number of piperidine rings is 2. The topological polar surface area (TPSA) is 94.1 Å². The van der Waals surface area contributed by atoms with E-state index in [1.807, 2.05) is 4.90 Å². The molecule has 1 aliphatic carbocycles. The molecule has 3 heterocycles.